The number of methoxy groups -OCH3 is 1. The van der Waals surface area contributed by atoms with Crippen LogP contribution in [0.3, 0.4) is 0 Å². The normalized spacial score (nSPS) is 17.2. The third-order valence-electron chi connectivity index (χ3n) is 5.35. The Morgan fingerprint density at radius 2 is 1.83 bits per heavy atom. The van der Waals surface area contributed by atoms with Crippen LogP contribution in [0.1, 0.15) is 60.7 Å². The Kier molecular flexibility index (Phi) is 6.17. The largest absolute Gasteiger partial charge is 0.503 e. The number of aryl methyl sites for hydroxylation is 1. The fourth-order valence-corrected chi connectivity index (χ4v) is 3.70. The summed E-state index contributed by atoms with van der Waals surface area (Å²) in [5.74, 6) is -0.852. The molecule has 1 atom stereocenters. The number of benzene rings is 1. The second-order valence-electron chi connectivity index (χ2n) is 8.62. The van der Waals surface area contributed by atoms with E-state index in [1.807, 2.05) is 24.3 Å². The maximum Gasteiger partial charge on any atom is 0.290 e. The van der Waals surface area contributed by atoms with Gasteiger partial charge in [-0.15, -0.1) is 0 Å². The first-order valence-corrected chi connectivity index (χ1v) is 10.1. The van der Waals surface area contributed by atoms with Crippen LogP contribution in [-0.4, -0.2) is 42.0 Å². The third-order valence-corrected chi connectivity index (χ3v) is 5.35. The molecule has 0 radical (unpaired) electrons. The predicted molar refractivity (Wildman–Crippen MR) is 114 cm³/mol. The fourth-order valence-electron chi connectivity index (χ4n) is 3.70. The molecule has 1 amide bonds. The van der Waals surface area contributed by atoms with Crippen LogP contribution >= 0.6 is 0 Å². The first-order valence-electron chi connectivity index (χ1n) is 10.1. The van der Waals surface area contributed by atoms with E-state index in [0.29, 0.717) is 25.3 Å². The number of aliphatic hydroxyl groups excluding tert-OH is 1. The molecule has 160 valence electrons. The molecule has 1 aromatic carbocycles. The van der Waals surface area contributed by atoms with Crippen molar-refractivity contribution in [1.82, 2.24) is 4.90 Å². The van der Waals surface area contributed by atoms with Crippen LogP contribution in [0.15, 0.2) is 52.1 Å². The lowest BCUT2D eigenvalue weighted by Gasteiger charge is -2.27. The molecule has 0 bridgehead atoms. The highest BCUT2D eigenvalue weighted by atomic mass is 16.5. The van der Waals surface area contributed by atoms with Gasteiger partial charge >= 0.3 is 0 Å². The van der Waals surface area contributed by atoms with E-state index in [2.05, 4.69) is 20.8 Å². The zero-order valence-corrected chi connectivity index (χ0v) is 18.2. The molecule has 2 aromatic rings. The summed E-state index contributed by atoms with van der Waals surface area (Å²) in [5.41, 5.74) is 1.94. The van der Waals surface area contributed by atoms with Crippen molar-refractivity contribution in [2.75, 3.05) is 20.3 Å². The number of hydrogen-bond acceptors (Lipinski definition) is 5. The van der Waals surface area contributed by atoms with Gasteiger partial charge in [0.25, 0.3) is 5.91 Å². The highest BCUT2D eigenvalue weighted by Gasteiger charge is 2.44. The standard InChI is InChI=1S/C24H29NO5/c1-15-7-12-18(30-15)21(26)19-20(16-8-10-17(11-9-16)24(2,3)4)25(13-6-14-29-5)23(28)22(19)27/h7-12,20,27H,6,13-14H2,1-5H3/t20-/m0/s1. The van der Waals surface area contributed by atoms with Crippen molar-refractivity contribution in [3.05, 3.63) is 70.4 Å². The Bertz CT molecular complexity index is 962. The van der Waals surface area contributed by atoms with Crippen molar-refractivity contribution in [2.24, 2.45) is 0 Å². The molecule has 0 unspecified atom stereocenters. The number of hydrogen-bond donors (Lipinski definition) is 1. The van der Waals surface area contributed by atoms with Gasteiger partial charge in [0.05, 0.1) is 11.6 Å². The minimum Gasteiger partial charge on any atom is -0.503 e. The second-order valence-corrected chi connectivity index (χ2v) is 8.62. The lowest BCUT2D eigenvalue weighted by Crippen LogP contribution is -2.32. The molecule has 6 nitrogen and oxygen atoms in total. The van der Waals surface area contributed by atoms with Crippen LogP contribution in [0.2, 0.25) is 0 Å². The Morgan fingerprint density at radius 3 is 2.37 bits per heavy atom. The van der Waals surface area contributed by atoms with Gasteiger partial charge in [0.1, 0.15) is 5.76 Å². The molecule has 6 heteroatoms. The molecule has 3 rings (SSSR count). The van der Waals surface area contributed by atoms with Crippen LogP contribution in [0.5, 0.6) is 0 Å². The maximum atomic E-state index is 13.2. The Morgan fingerprint density at radius 1 is 1.17 bits per heavy atom. The molecule has 0 saturated heterocycles. The monoisotopic (exact) mass is 411 g/mol. The summed E-state index contributed by atoms with van der Waals surface area (Å²) in [4.78, 5) is 27.6. The van der Waals surface area contributed by atoms with Crippen molar-refractivity contribution in [3.63, 3.8) is 0 Å². The smallest absolute Gasteiger partial charge is 0.290 e. The number of ketones is 1. The summed E-state index contributed by atoms with van der Waals surface area (Å²) in [7, 11) is 1.60. The number of amides is 1. The summed E-state index contributed by atoms with van der Waals surface area (Å²) < 4.78 is 10.6. The molecular weight excluding hydrogens is 382 g/mol. The number of nitrogens with zero attached hydrogens (tertiary/aromatic N) is 1. The van der Waals surface area contributed by atoms with Gasteiger partial charge in [-0.1, -0.05) is 45.0 Å². The first-order chi connectivity index (χ1) is 14.1. The van der Waals surface area contributed by atoms with E-state index in [1.165, 1.54) is 4.90 Å². The quantitative estimate of drug-likeness (QED) is 0.536. The number of Topliss-reactive ketones (excluding diaryl/α,β-unsaturated/α-hetero) is 1. The van der Waals surface area contributed by atoms with Gasteiger partial charge < -0.3 is 19.2 Å². The van der Waals surface area contributed by atoms with Gasteiger partial charge in [0, 0.05) is 20.3 Å². The Hall–Kier alpha value is -2.86. The van der Waals surface area contributed by atoms with Gasteiger partial charge in [-0.2, -0.15) is 0 Å². The number of rotatable bonds is 7. The van der Waals surface area contributed by atoms with Crippen LogP contribution in [-0.2, 0) is 14.9 Å². The van der Waals surface area contributed by atoms with Crippen LogP contribution in [0.4, 0.5) is 0 Å². The van der Waals surface area contributed by atoms with Crippen LogP contribution in [0.25, 0.3) is 0 Å². The topological polar surface area (TPSA) is 80.0 Å². The minimum absolute atomic E-state index is 0.0233. The Labute approximate surface area is 177 Å². The number of aliphatic hydroxyl groups is 1. The molecule has 0 saturated carbocycles. The predicted octanol–water partition coefficient (Wildman–Crippen LogP) is 4.50. The first kappa shape index (κ1) is 21.8. The second kappa shape index (κ2) is 8.48. The number of carbonyl (C=O) groups excluding carboxylic acids is 2. The summed E-state index contributed by atoms with van der Waals surface area (Å²) >= 11 is 0. The average molecular weight is 411 g/mol. The zero-order chi connectivity index (χ0) is 22.1. The lowest BCUT2D eigenvalue weighted by molar-refractivity contribution is -0.129. The molecule has 2 heterocycles. The van der Waals surface area contributed by atoms with Crippen LogP contribution < -0.4 is 0 Å². The SMILES string of the molecule is COCCCN1C(=O)C(O)=C(C(=O)c2ccc(C)o2)[C@@H]1c1ccc(C(C)(C)C)cc1. The van der Waals surface area contributed by atoms with Crippen molar-refractivity contribution in [2.45, 2.75) is 45.6 Å². The summed E-state index contributed by atoms with van der Waals surface area (Å²) in [6, 6.07) is 10.4. The van der Waals surface area contributed by atoms with E-state index in [4.69, 9.17) is 9.15 Å². The van der Waals surface area contributed by atoms with E-state index < -0.39 is 23.5 Å². The van der Waals surface area contributed by atoms with Gasteiger partial charge in [-0.25, -0.2) is 0 Å². The molecule has 0 aliphatic carbocycles. The van der Waals surface area contributed by atoms with E-state index >= 15 is 0 Å². The molecule has 1 aliphatic heterocycles. The van der Waals surface area contributed by atoms with Gasteiger partial charge in [0.15, 0.2) is 11.5 Å². The fraction of sp³-hybridized carbons (Fsp3) is 0.417. The minimum atomic E-state index is -0.679. The van der Waals surface area contributed by atoms with Crippen molar-refractivity contribution in [3.8, 4) is 0 Å². The van der Waals surface area contributed by atoms with E-state index in [0.717, 1.165) is 11.1 Å². The number of carbonyl (C=O) groups is 2. The molecule has 0 fully saturated rings. The molecule has 1 aliphatic rings. The highest BCUT2D eigenvalue weighted by molar-refractivity contribution is 6.15. The lowest BCUT2D eigenvalue weighted by atomic mass is 9.85. The molecule has 0 spiro atoms. The van der Waals surface area contributed by atoms with Gasteiger partial charge in [-0.3, -0.25) is 9.59 Å². The molecule has 1 aromatic heterocycles. The summed E-state index contributed by atoms with van der Waals surface area (Å²) in [5, 5.41) is 10.6. The Balaban J connectivity index is 2.03. The van der Waals surface area contributed by atoms with Crippen LogP contribution in [0, 0.1) is 6.92 Å². The number of furan rings is 1. The zero-order valence-electron chi connectivity index (χ0n) is 18.2. The van der Waals surface area contributed by atoms with Crippen molar-refractivity contribution in [1.29, 1.82) is 0 Å². The van der Waals surface area contributed by atoms with E-state index in [9.17, 15) is 14.7 Å². The van der Waals surface area contributed by atoms with Crippen molar-refractivity contribution >= 4 is 11.7 Å². The molecule has 1 N–H and O–H groups in total. The number of ether oxygens (including phenoxy) is 1. The highest BCUT2D eigenvalue weighted by Crippen LogP contribution is 2.39. The van der Waals surface area contributed by atoms with Crippen molar-refractivity contribution < 1.29 is 23.8 Å². The molecular formula is C24H29NO5. The van der Waals surface area contributed by atoms with Gasteiger partial charge in [0.2, 0.25) is 5.78 Å². The van der Waals surface area contributed by atoms with E-state index in [1.54, 1.807) is 26.2 Å². The molecule has 30 heavy (non-hydrogen) atoms. The average Bonchev–Trinajstić information content (AvgIpc) is 3.24. The van der Waals surface area contributed by atoms with Gasteiger partial charge in [-0.05, 0) is 42.0 Å². The maximum absolute atomic E-state index is 13.2. The third kappa shape index (κ3) is 4.19. The summed E-state index contributed by atoms with van der Waals surface area (Å²) in [6.07, 6.45) is 0.591. The van der Waals surface area contributed by atoms with E-state index in [-0.39, 0.29) is 16.7 Å². The summed E-state index contributed by atoms with van der Waals surface area (Å²) in [6.45, 7) is 8.94.